The summed E-state index contributed by atoms with van der Waals surface area (Å²) in [5.41, 5.74) is 6.92. The molecule has 4 heteroatoms. The van der Waals surface area contributed by atoms with Gasteiger partial charge < -0.3 is 10.6 Å². The Hall–Kier alpha value is -1.06. The number of rotatable bonds is 3. The van der Waals surface area contributed by atoms with Crippen molar-refractivity contribution in [3.05, 3.63) is 35.9 Å². The summed E-state index contributed by atoms with van der Waals surface area (Å²) in [7, 11) is 0. The van der Waals surface area contributed by atoms with E-state index in [1.807, 2.05) is 23.1 Å². The van der Waals surface area contributed by atoms with Crippen molar-refractivity contribution in [3.63, 3.8) is 0 Å². The zero-order valence-electron chi connectivity index (χ0n) is 9.13. The van der Waals surface area contributed by atoms with Crippen LogP contribution in [0.5, 0.6) is 0 Å². The fraction of sp³-hybridized carbons (Fsp3) is 0.417. The van der Waals surface area contributed by atoms with E-state index in [-0.39, 0.29) is 24.4 Å². The molecule has 1 unspecified atom stereocenters. The number of carbonyl (C=O) groups is 1. The van der Waals surface area contributed by atoms with Crippen LogP contribution in [0.4, 0.5) is 0 Å². The number of nitrogens with two attached hydrogens (primary N) is 1. The van der Waals surface area contributed by atoms with Crippen molar-refractivity contribution in [2.45, 2.75) is 18.9 Å². The summed E-state index contributed by atoms with van der Waals surface area (Å²) in [6.45, 7) is 1.60. The monoisotopic (exact) mass is 240 g/mol. The molecule has 88 valence electrons. The van der Waals surface area contributed by atoms with E-state index in [9.17, 15) is 4.79 Å². The molecule has 1 aromatic carbocycles. The summed E-state index contributed by atoms with van der Waals surface area (Å²) in [4.78, 5) is 13.4. The fourth-order valence-corrected chi connectivity index (χ4v) is 1.89. The Morgan fingerprint density at radius 1 is 1.31 bits per heavy atom. The molecule has 1 aromatic rings. The lowest BCUT2D eigenvalue weighted by Gasteiger charge is -2.15. The molecule has 1 aliphatic rings. The first-order valence-electron chi connectivity index (χ1n) is 5.35. The molecule has 1 aliphatic heterocycles. The summed E-state index contributed by atoms with van der Waals surface area (Å²) < 4.78 is 0. The SMILES string of the molecule is Cl.NC1CCN(CCc2ccccc2)C1=O. The van der Waals surface area contributed by atoms with Gasteiger partial charge in [0.25, 0.3) is 0 Å². The van der Waals surface area contributed by atoms with E-state index in [1.165, 1.54) is 5.56 Å². The summed E-state index contributed by atoms with van der Waals surface area (Å²) >= 11 is 0. The van der Waals surface area contributed by atoms with Crippen LogP contribution < -0.4 is 5.73 Å². The van der Waals surface area contributed by atoms with Crippen LogP contribution in [0, 0.1) is 0 Å². The topological polar surface area (TPSA) is 46.3 Å². The molecule has 3 nitrogen and oxygen atoms in total. The summed E-state index contributed by atoms with van der Waals surface area (Å²) in [5.74, 6) is 0.103. The van der Waals surface area contributed by atoms with Crippen LogP contribution in [0.25, 0.3) is 0 Å². The van der Waals surface area contributed by atoms with Gasteiger partial charge in [-0.05, 0) is 18.4 Å². The number of hydrogen-bond acceptors (Lipinski definition) is 2. The first-order valence-corrected chi connectivity index (χ1v) is 5.35. The largest absolute Gasteiger partial charge is 0.341 e. The van der Waals surface area contributed by atoms with Gasteiger partial charge in [-0.25, -0.2) is 0 Å². The Morgan fingerprint density at radius 3 is 2.56 bits per heavy atom. The number of carbonyl (C=O) groups excluding carboxylic acids is 1. The van der Waals surface area contributed by atoms with E-state index in [2.05, 4.69) is 12.1 Å². The molecule has 1 amide bonds. The molecule has 0 radical (unpaired) electrons. The first kappa shape index (κ1) is 13.0. The standard InChI is InChI=1S/C12H16N2O.ClH/c13-11-7-9-14(12(11)15)8-6-10-4-2-1-3-5-10;/h1-5,11H,6-9,13H2;1H. The number of halogens is 1. The summed E-state index contributed by atoms with van der Waals surface area (Å²) in [6, 6.07) is 9.95. The lowest BCUT2D eigenvalue weighted by molar-refractivity contribution is -0.128. The zero-order chi connectivity index (χ0) is 10.7. The Morgan fingerprint density at radius 2 is 2.00 bits per heavy atom. The zero-order valence-corrected chi connectivity index (χ0v) is 9.95. The van der Waals surface area contributed by atoms with Crippen LogP contribution in [0.2, 0.25) is 0 Å². The molecule has 16 heavy (non-hydrogen) atoms. The smallest absolute Gasteiger partial charge is 0.239 e. The summed E-state index contributed by atoms with van der Waals surface area (Å²) in [5, 5.41) is 0. The van der Waals surface area contributed by atoms with Crippen LogP contribution in [0.15, 0.2) is 30.3 Å². The fourth-order valence-electron chi connectivity index (χ4n) is 1.89. The van der Waals surface area contributed by atoms with Gasteiger partial charge in [0.2, 0.25) is 5.91 Å². The molecule has 1 heterocycles. The van der Waals surface area contributed by atoms with Crippen molar-refractivity contribution < 1.29 is 4.79 Å². The highest BCUT2D eigenvalue weighted by molar-refractivity contribution is 5.85. The van der Waals surface area contributed by atoms with Gasteiger partial charge in [-0.2, -0.15) is 0 Å². The normalized spacial score (nSPS) is 19.7. The third kappa shape index (κ3) is 2.97. The first-order chi connectivity index (χ1) is 7.27. The molecule has 2 N–H and O–H groups in total. The van der Waals surface area contributed by atoms with Gasteiger partial charge in [0, 0.05) is 13.1 Å². The van der Waals surface area contributed by atoms with Gasteiger partial charge in [-0.1, -0.05) is 30.3 Å². The van der Waals surface area contributed by atoms with Crippen LogP contribution in [0.1, 0.15) is 12.0 Å². The van der Waals surface area contributed by atoms with Gasteiger partial charge in [0.05, 0.1) is 6.04 Å². The van der Waals surface area contributed by atoms with Crippen molar-refractivity contribution in [2.75, 3.05) is 13.1 Å². The predicted molar refractivity (Wildman–Crippen MR) is 66.6 cm³/mol. The Kier molecular flexibility index (Phi) is 4.77. The molecule has 1 fully saturated rings. The van der Waals surface area contributed by atoms with Gasteiger partial charge in [0.1, 0.15) is 0 Å². The van der Waals surface area contributed by atoms with Crippen molar-refractivity contribution in [2.24, 2.45) is 5.73 Å². The van der Waals surface area contributed by atoms with Crippen LogP contribution in [-0.4, -0.2) is 29.9 Å². The van der Waals surface area contributed by atoms with E-state index in [1.54, 1.807) is 0 Å². The molecule has 1 atom stereocenters. The van der Waals surface area contributed by atoms with E-state index >= 15 is 0 Å². The lowest BCUT2D eigenvalue weighted by atomic mass is 10.1. The molecule has 2 rings (SSSR count). The van der Waals surface area contributed by atoms with Crippen LogP contribution in [0.3, 0.4) is 0 Å². The van der Waals surface area contributed by atoms with Gasteiger partial charge in [0.15, 0.2) is 0 Å². The minimum atomic E-state index is -0.263. The number of amides is 1. The summed E-state index contributed by atoms with van der Waals surface area (Å²) in [6.07, 6.45) is 1.72. The minimum Gasteiger partial charge on any atom is -0.341 e. The molecule has 0 spiro atoms. The molecular weight excluding hydrogens is 224 g/mol. The molecule has 0 bridgehead atoms. The second kappa shape index (κ2) is 5.87. The second-order valence-electron chi connectivity index (χ2n) is 3.96. The highest BCUT2D eigenvalue weighted by Gasteiger charge is 2.27. The molecule has 1 saturated heterocycles. The third-order valence-electron chi connectivity index (χ3n) is 2.85. The van der Waals surface area contributed by atoms with Crippen molar-refractivity contribution in [1.82, 2.24) is 4.90 Å². The maximum absolute atomic E-state index is 11.5. The van der Waals surface area contributed by atoms with Gasteiger partial charge >= 0.3 is 0 Å². The Labute approximate surface area is 102 Å². The van der Waals surface area contributed by atoms with Gasteiger partial charge in [-0.3, -0.25) is 4.79 Å². The molecule has 0 aliphatic carbocycles. The lowest BCUT2D eigenvalue weighted by Crippen LogP contribution is -2.35. The number of likely N-dealkylation sites (tertiary alicyclic amines) is 1. The maximum atomic E-state index is 11.5. The van der Waals surface area contributed by atoms with Crippen LogP contribution >= 0.6 is 12.4 Å². The average Bonchev–Trinajstić information content (AvgIpc) is 2.59. The predicted octanol–water partition coefficient (Wildman–Crippen LogP) is 1.21. The highest BCUT2D eigenvalue weighted by Crippen LogP contribution is 2.10. The maximum Gasteiger partial charge on any atom is 0.239 e. The van der Waals surface area contributed by atoms with Crippen molar-refractivity contribution in [3.8, 4) is 0 Å². The second-order valence-corrected chi connectivity index (χ2v) is 3.96. The van der Waals surface area contributed by atoms with Crippen LogP contribution in [-0.2, 0) is 11.2 Å². The molecular formula is C12H17ClN2O. The highest BCUT2D eigenvalue weighted by atomic mass is 35.5. The van der Waals surface area contributed by atoms with E-state index in [0.29, 0.717) is 0 Å². The van der Waals surface area contributed by atoms with Crippen molar-refractivity contribution >= 4 is 18.3 Å². The Bertz CT molecular complexity index is 342. The van der Waals surface area contributed by atoms with Gasteiger partial charge in [-0.15, -0.1) is 12.4 Å². The average molecular weight is 241 g/mol. The Balaban J connectivity index is 0.00000128. The van der Waals surface area contributed by atoms with Crippen molar-refractivity contribution in [1.29, 1.82) is 0 Å². The number of benzene rings is 1. The van der Waals surface area contributed by atoms with E-state index < -0.39 is 0 Å². The quantitative estimate of drug-likeness (QED) is 0.864. The molecule has 0 aromatic heterocycles. The number of hydrogen-bond donors (Lipinski definition) is 1. The van der Waals surface area contributed by atoms with E-state index in [4.69, 9.17) is 5.73 Å². The minimum absolute atomic E-state index is 0. The van der Waals surface area contributed by atoms with E-state index in [0.717, 1.165) is 25.9 Å². The number of nitrogens with zero attached hydrogens (tertiary/aromatic N) is 1. The third-order valence-corrected chi connectivity index (χ3v) is 2.85. The molecule has 0 saturated carbocycles.